The number of pyridine rings is 1. The van der Waals surface area contributed by atoms with Gasteiger partial charge in [0.15, 0.2) is 0 Å². The predicted octanol–water partition coefficient (Wildman–Crippen LogP) is 5.42. The fraction of sp³-hybridized carbons (Fsp3) is 0.360. The highest BCUT2D eigenvalue weighted by atomic mass is 16.5. The second-order valence-electron chi connectivity index (χ2n) is 8.19. The Kier molecular flexibility index (Phi) is 5.52. The summed E-state index contributed by atoms with van der Waals surface area (Å²) in [5.74, 6) is 2.00. The maximum atomic E-state index is 13.5. The lowest BCUT2D eigenvalue weighted by Gasteiger charge is -2.35. The van der Waals surface area contributed by atoms with Crippen LogP contribution in [0.4, 0.5) is 0 Å². The molecule has 0 radical (unpaired) electrons. The van der Waals surface area contributed by atoms with Crippen LogP contribution in [0.3, 0.4) is 0 Å². The molecule has 4 heteroatoms. The van der Waals surface area contributed by atoms with Gasteiger partial charge in [0.2, 0.25) is 0 Å². The molecule has 0 unspecified atom stereocenters. The Morgan fingerprint density at radius 1 is 1.07 bits per heavy atom. The van der Waals surface area contributed by atoms with Gasteiger partial charge in [-0.25, -0.2) is 4.98 Å². The lowest BCUT2D eigenvalue weighted by Crippen LogP contribution is -2.42. The summed E-state index contributed by atoms with van der Waals surface area (Å²) in [6, 6.07) is 17.8. The summed E-state index contributed by atoms with van der Waals surface area (Å²) < 4.78 is 5.55. The van der Waals surface area contributed by atoms with Gasteiger partial charge in [-0.1, -0.05) is 32.0 Å². The Labute approximate surface area is 172 Å². The number of aromatic nitrogens is 1. The molecule has 29 heavy (non-hydrogen) atoms. The molecule has 0 aliphatic carbocycles. The Balaban J connectivity index is 1.75. The number of likely N-dealkylation sites (tertiary alicyclic amines) is 1. The highest BCUT2D eigenvalue weighted by molar-refractivity contribution is 6.07. The van der Waals surface area contributed by atoms with Gasteiger partial charge in [-0.3, -0.25) is 4.79 Å². The van der Waals surface area contributed by atoms with Crippen molar-refractivity contribution < 1.29 is 9.53 Å². The number of hydrogen-bond donors (Lipinski definition) is 0. The third-order valence-electron chi connectivity index (χ3n) is 5.56. The van der Waals surface area contributed by atoms with E-state index < -0.39 is 0 Å². The molecule has 2 heterocycles. The van der Waals surface area contributed by atoms with E-state index in [0.29, 0.717) is 18.4 Å². The van der Waals surface area contributed by atoms with Crippen molar-refractivity contribution in [3.05, 3.63) is 60.2 Å². The smallest absolute Gasteiger partial charge is 0.254 e. The molecule has 1 aromatic heterocycles. The van der Waals surface area contributed by atoms with E-state index in [0.717, 1.165) is 46.6 Å². The molecule has 4 nitrogen and oxygen atoms in total. The van der Waals surface area contributed by atoms with Gasteiger partial charge in [0.1, 0.15) is 5.75 Å². The molecule has 1 aliphatic heterocycles. The normalized spacial score (nSPS) is 19.3. The molecule has 0 bridgehead atoms. The molecular formula is C25H28N2O2. The van der Waals surface area contributed by atoms with Crippen LogP contribution in [0, 0.1) is 11.8 Å². The first kappa shape index (κ1) is 19.4. The van der Waals surface area contributed by atoms with Crippen molar-refractivity contribution in [2.24, 2.45) is 11.8 Å². The first-order chi connectivity index (χ1) is 14.0. The summed E-state index contributed by atoms with van der Waals surface area (Å²) in [4.78, 5) is 20.3. The van der Waals surface area contributed by atoms with E-state index >= 15 is 0 Å². The van der Waals surface area contributed by atoms with Crippen LogP contribution in [0.5, 0.6) is 5.75 Å². The second-order valence-corrected chi connectivity index (χ2v) is 8.19. The van der Waals surface area contributed by atoms with Gasteiger partial charge < -0.3 is 9.64 Å². The highest BCUT2D eigenvalue weighted by Gasteiger charge is 2.27. The van der Waals surface area contributed by atoms with Gasteiger partial charge in [0, 0.05) is 24.0 Å². The number of para-hydroxylation sites is 1. The minimum atomic E-state index is 0.106. The van der Waals surface area contributed by atoms with Crippen molar-refractivity contribution >= 4 is 16.8 Å². The van der Waals surface area contributed by atoms with Crippen molar-refractivity contribution in [2.45, 2.75) is 27.2 Å². The molecule has 0 saturated carbocycles. The summed E-state index contributed by atoms with van der Waals surface area (Å²) in [5.41, 5.74) is 3.38. The van der Waals surface area contributed by atoms with Crippen LogP contribution in [-0.4, -0.2) is 35.5 Å². The molecule has 0 N–H and O–H groups in total. The second kappa shape index (κ2) is 8.24. The van der Waals surface area contributed by atoms with Crippen molar-refractivity contribution in [3.63, 3.8) is 0 Å². The quantitative estimate of drug-likeness (QED) is 0.599. The van der Waals surface area contributed by atoms with Crippen molar-refractivity contribution in [3.8, 4) is 17.0 Å². The summed E-state index contributed by atoms with van der Waals surface area (Å²) in [7, 11) is 0. The van der Waals surface area contributed by atoms with Crippen LogP contribution >= 0.6 is 0 Å². The molecule has 1 saturated heterocycles. The minimum Gasteiger partial charge on any atom is -0.494 e. The van der Waals surface area contributed by atoms with Gasteiger partial charge in [-0.2, -0.15) is 0 Å². The molecule has 1 fully saturated rings. The van der Waals surface area contributed by atoms with Gasteiger partial charge in [-0.15, -0.1) is 0 Å². The van der Waals surface area contributed by atoms with E-state index in [4.69, 9.17) is 9.72 Å². The van der Waals surface area contributed by atoms with E-state index in [-0.39, 0.29) is 5.91 Å². The average Bonchev–Trinajstić information content (AvgIpc) is 2.72. The molecular weight excluding hydrogens is 360 g/mol. The summed E-state index contributed by atoms with van der Waals surface area (Å²) in [5, 5.41) is 0.915. The number of carbonyl (C=O) groups excluding carboxylic acids is 1. The Morgan fingerprint density at radius 2 is 1.76 bits per heavy atom. The predicted molar refractivity (Wildman–Crippen MR) is 117 cm³/mol. The maximum Gasteiger partial charge on any atom is 0.254 e. The first-order valence-corrected chi connectivity index (χ1v) is 10.5. The molecule has 4 rings (SSSR count). The summed E-state index contributed by atoms with van der Waals surface area (Å²) >= 11 is 0. The standard InChI is InChI=1S/C25H28N2O2/c1-4-29-20-11-9-19(10-12-20)24-14-22(21-7-5-6-8-23(21)26-24)25(28)27-15-17(2)13-18(3)16-27/h5-12,14,17-18H,4,13,15-16H2,1-3H3/t17-,18-/m0/s1. The number of hydrogen-bond acceptors (Lipinski definition) is 3. The van der Waals surface area contributed by atoms with Crippen LogP contribution in [0.2, 0.25) is 0 Å². The Bertz CT molecular complexity index is 1000. The Morgan fingerprint density at radius 3 is 2.45 bits per heavy atom. The first-order valence-electron chi connectivity index (χ1n) is 10.5. The van der Waals surface area contributed by atoms with E-state index in [1.54, 1.807) is 0 Å². The maximum absolute atomic E-state index is 13.5. The lowest BCUT2D eigenvalue weighted by atomic mass is 9.91. The highest BCUT2D eigenvalue weighted by Crippen LogP contribution is 2.29. The average molecular weight is 389 g/mol. The zero-order valence-electron chi connectivity index (χ0n) is 17.4. The fourth-order valence-electron chi connectivity index (χ4n) is 4.39. The molecule has 2 aromatic carbocycles. The minimum absolute atomic E-state index is 0.106. The third kappa shape index (κ3) is 4.12. The third-order valence-corrected chi connectivity index (χ3v) is 5.56. The number of carbonyl (C=O) groups is 1. The number of amides is 1. The zero-order valence-corrected chi connectivity index (χ0v) is 17.4. The molecule has 1 aliphatic rings. The molecule has 2 atom stereocenters. The molecule has 3 aromatic rings. The number of benzene rings is 2. The Hall–Kier alpha value is -2.88. The van der Waals surface area contributed by atoms with E-state index in [1.807, 2.05) is 66.4 Å². The SMILES string of the molecule is CCOc1ccc(-c2cc(C(=O)N3C[C@@H](C)C[C@H](C)C3)c3ccccc3n2)cc1. The zero-order chi connectivity index (χ0) is 20.4. The monoisotopic (exact) mass is 388 g/mol. The van der Waals surface area contributed by atoms with Gasteiger partial charge >= 0.3 is 0 Å². The number of piperidine rings is 1. The number of ether oxygens (including phenoxy) is 1. The van der Waals surface area contributed by atoms with Crippen molar-refractivity contribution in [2.75, 3.05) is 19.7 Å². The van der Waals surface area contributed by atoms with Crippen molar-refractivity contribution in [1.82, 2.24) is 9.88 Å². The fourth-order valence-corrected chi connectivity index (χ4v) is 4.39. The van der Waals surface area contributed by atoms with E-state index in [1.165, 1.54) is 6.42 Å². The number of fused-ring (bicyclic) bond motifs is 1. The topological polar surface area (TPSA) is 42.4 Å². The largest absolute Gasteiger partial charge is 0.494 e. The lowest BCUT2D eigenvalue weighted by molar-refractivity contribution is 0.0625. The van der Waals surface area contributed by atoms with E-state index in [9.17, 15) is 4.79 Å². The van der Waals surface area contributed by atoms with Crippen molar-refractivity contribution in [1.29, 1.82) is 0 Å². The number of rotatable bonds is 4. The van der Waals surface area contributed by atoms with Gasteiger partial charge in [0.25, 0.3) is 5.91 Å². The van der Waals surface area contributed by atoms with Crippen LogP contribution in [-0.2, 0) is 0 Å². The van der Waals surface area contributed by atoms with E-state index in [2.05, 4.69) is 13.8 Å². The van der Waals surface area contributed by atoms with Crippen LogP contribution in [0.1, 0.15) is 37.6 Å². The van der Waals surface area contributed by atoms with Crippen LogP contribution in [0.15, 0.2) is 54.6 Å². The number of nitrogens with zero attached hydrogens (tertiary/aromatic N) is 2. The van der Waals surface area contributed by atoms with Gasteiger partial charge in [0.05, 0.1) is 23.4 Å². The van der Waals surface area contributed by atoms with Crippen LogP contribution < -0.4 is 4.74 Å². The molecule has 150 valence electrons. The summed E-state index contributed by atoms with van der Waals surface area (Å²) in [6.45, 7) is 8.70. The van der Waals surface area contributed by atoms with Gasteiger partial charge in [-0.05, 0) is 61.6 Å². The molecule has 0 spiro atoms. The summed E-state index contributed by atoms with van der Waals surface area (Å²) in [6.07, 6.45) is 1.18. The molecule has 1 amide bonds. The van der Waals surface area contributed by atoms with Crippen LogP contribution in [0.25, 0.3) is 22.2 Å².